The van der Waals surface area contributed by atoms with Gasteiger partial charge >= 0.3 is 0 Å². The van der Waals surface area contributed by atoms with Crippen LogP contribution in [0, 0.1) is 11.6 Å². The first kappa shape index (κ1) is 28.5. The molecule has 1 aliphatic heterocycles. The Labute approximate surface area is 239 Å². The molecular formula is C32H32ClF2NO3S. The number of halogens is 3. The van der Waals surface area contributed by atoms with Gasteiger partial charge in [-0.1, -0.05) is 54.4 Å². The topological polar surface area (TPSA) is 46.6 Å². The number of likely N-dealkylation sites (tertiary alicyclic amines) is 1. The van der Waals surface area contributed by atoms with Gasteiger partial charge in [-0.25, -0.2) is 17.2 Å². The number of fused-ring (bicyclic) bond motifs is 1. The van der Waals surface area contributed by atoms with Crippen LogP contribution in [0.1, 0.15) is 42.1 Å². The normalized spacial score (nSPS) is 15.3. The minimum absolute atomic E-state index is 0.0182. The molecule has 210 valence electrons. The van der Waals surface area contributed by atoms with E-state index in [1.807, 2.05) is 36.4 Å². The number of nitrogens with zero attached hydrogens (tertiary/aromatic N) is 1. The van der Waals surface area contributed by atoms with Gasteiger partial charge in [0.15, 0.2) is 9.84 Å². The van der Waals surface area contributed by atoms with Crippen LogP contribution in [-0.2, 0) is 16.3 Å². The van der Waals surface area contributed by atoms with Gasteiger partial charge < -0.3 is 9.64 Å². The highest BCUT2D eigenvalue weighted by molar-refractivity contribution is 7.91. The van der Waals surface area contributed by atoms with Crippen molar-refractivity contribution in [2.75, 3.05) is 26.2 Å². The molecule has 5 rings (SSSR count). The maximum atomic E-state index is 15.1. The lowest BCUT2D eigenvalue weighted by atomic mass is 9.99. The number of hydrogen-bond donors (Lipinski definition) is 0. The fraction of sp³-hybridized carbons (Fsp3) is 0.312. The summed E-state index contributed by atoms with van der Waals surface area (Å²) in [5.41, 5.74) is 0.391. The molecule has 8 heteroatoms. The first-order valence-corrected chi connectivity index (χ1v) is 15.6. The molecular weight excluding hydrogens is 552 g/mol. The van der Waals surface area contributed by atoms with Gasteiger partial charge in [-0.05, 0) is 92.2 Å². The van der Waals surface area contributed by atoms with E-state index in [1.54, 1.807) is 0 Å². The standard InChI is InChI=1S/C32H32ClF2NO3S/c33-25-11-14-27(15-12-25)40(37,38)31(29-22-26(34)13-16-30(29)35)21-24-10-9-23-7-2-3-8-28(23)32(24)39-20-6-19-36-17-4-1-5-18-36/h2-3,7-16,22,31H,1,4-6,17-21H2. The smallest absolute Gasteiger partial charge is 0.185 e. The predicted octanol–water partition coefficient (Wildman–Crippen LogP) is 7.78. The average molecular weight is 584 g/mol. The molecule has 40 heavy (non-hydrogen) atoms. The molecule has 0 N–H and O–H groups in total. The fourth-order valence-electron chi connectivity index (χ4n) is 5.40. The summed E-state index contributed by atoms with van der Waals surface area (Å²) < 4.78 is 63.7. The van der Waals surface area contributed by atoms with Crippen LogP contribution in [-0.4, -0.2) is 39.6 Å². The summed E-state index contributed by atoms with van der Waals surface area (Å²) in [5.74, 6) is -0.918. The molecule has 0 aromatic heterocycles. The largest absolute Gasteiger partial charge is 0.493 e. The molecule has 0 aliphatic carbocycles. The first-order valence-electron chi connectivity index (χ1n) is 13.6. The van der Waals surface area contributed by atoms with Crippen molar-refractivity contribution >= 4 is 32.2 Å². The second-order valence-corrected chi connectivity index (χ2v) is 12.8. The SMILES string of the molecule is O=S(=O)(c1ccc(Cl)cc1)C(Cc1ccc2ccccc2c1OCCCN1CCCCC1)c1cc(F)ccc1F. The van der Waals surface area contributed by atoms with Crippen molar-refractivity contribution in [2.24, 2.45) is 0 Å². The van der Waals surface area contributed by atoms with Crippen molar-refractivity contribution in [3.8, 4) is 5.75 Å². The van der Waals surface area contributed by atoms with Crippen molar-refractivity contribution in [1.29, 1.82) is 0 Å². The van der Waals surface area contributed by atoms with E-state index in [1.165, 1.54) is 43.5 Å². The highest BCUT2D eigenvalue weighted by Gasteiger charge is 2.33. The van der Waals surface area contributed by atoms with Crippen LogP contribution in [0.2, 0.25) is 5.02 Å². The zero-order chi connectivity index (χ0) is 28.1. The van der Waals surface area contributed by atoms with Crippen molar-refractivity contribution in [3.05, 3.63) is 107 Å². The Morgan fingerprint density at radius 3 is 2.42 bits per heavy atom. The third-order valence-corrected chi connectivity index (χ3v) is 9.85. The molecule has 1 atom stereocenters. The summed E-state index contributed by atoms with van der Waals surface area (Å²) >= 11 is 6.00. The third kappa shape index (κ3) is 6.48. The molecule has 1 saturated heterocycles. The predicted molar refractivity (Wildman–Crippen MR) is 156 cm³/mol. The van der Waals surface area contributed by atoms with E-state index in [-0.39, 0.29) is 16.9 Å². The molecule has 1 heterocycles. The van der Waals surface area contributed by atoms with Gasteiger partial charge in [-0.15, -0.1) is 0 Å². The summed E-state index contributed by atoms with van der Waals surface area (Å²) in [6.07, 6.45) is 4.44. The highest BCUT2D eigenvalue weighted by Crippen LogP contribution is 2.39. The number of ether oxygens (including phenoxy) is 1. The lowest BCUT2D eigenvalue weighted by Gasteiger charge is -2.26. The Hall–Kier alpha value is -3.00. The Kier molecular flexibility index (Phi) is 9.03. The number of sulfone groups is 1. The van der Waals surface area contributed by atoms with Crippen molar-refractivity contribution < 1.29 is 21.9 Å². The zero-order valence-corrected chi connectivity index (χ0v) is 23.7. The maximum absolute atomic E-state index is 15.1. The summed E-state index contributed by atoms with van der Waals surface area (Å²) in [5, 5.41) is 0.787. The van der Waals surface area contributed by atoms with Gasteiger partial charge in [0, 0.05) is 22.5 Å². The molecule has 4 aromatic rings. The van der Waals surface area contributed by atoms with E-state index in [9.17, 15) is 12.8 Å². The van der Waals surface area contributed by atoms with Crippen molar-refractivity contribution in [3.63, 3.8) is 0 Å². The summed E-state index contributed by atoms with van der Waals surface area (Å²) in [7, 11) is -4.15. The van der Waals surface area contributed by atoms with Crippen LogP contribution < -0.4 is 4.74 Å². The van der Waals surface area contributed by atoms with Gasteiger partial charge in [0.2, 0.25) is 0 Å². The molecule has 0 saturated carbocycles. The monoisotopic (exact) mass is 583 g/mol. The summed E-state index contributed by atoms with van der Waals surface area (Å²) in [4.78, 5) is 2.42. The summed E-state index contributed by atoms with van der Waals surface area (Å²) in [6.45, 7) is 3.59. The molecule has 1 fully saturated rings. The zero-order valence-electron chi connectivity index (χ0n) is 22.2. The Balaban J connectivity index is 1.51. The minimum atomic E-state index is -4.15. The van der Waals surface area contributed by atoms with Crippen molar-refractivity contribution in [2.45, 2.75) is 42.2 Å². The van der Waals surface area contributed by atoms with Crippen LogP contribution in [0.3, 0.4) is 0 Å². The number of benzene rings is 4. The molecule has 0 bridgehead atoms. The van der Waals surface area contributed by atoms with Gasteiger partial charge in [0.05, 0.1) is 16.8 Å². The summed E-state index contributed by atoms with van der Waals surface area (Å²) in [6, 6.07) is 20.1. The minimum Gasteiger partial charge on any atom is -0.493 e. The molecule has 0 spiro atoms. The second kappa shape index (κ2) is 12.7. The van der Waals surface area contributed by atoms with E-state index in [0.717, 1.165) is 55.0 Å². The number of hydrogen-bond acceptors (Lipinski definition) is 4. The second-order valence-electron chi connectivity index (χ2n) is 10.2. The van der Waals surface area contributed by atoms with E-state index in [0.29, 0.717) is 22.9 Å². The van der Waals surface area contributed by atoms with Crippen LogP contribution in [0.4, 0.5) is 8.78 Å². The average Bonchev–Trinajstić information content (AvgIpc) is 2.96. The Morgan fingerprint density at radius 1 is 0.900 bits per heavy atom. The lowest BCUT2D eigenvalue weighted by Crippen LogP contribution is -2.31. The number of rotatable bonds is 10. The molecule has 4 nitrogen and oxygen atoms in total. The molecule has 0 amide bonds. The molecule has 1 unspecified atom stereocenters. The van der Waals surface area contributed by atoms with Crippen LogP contribution in [0.15, 0.2) is 83.8 Å². The quantitative estimate of drug-likeness (QED) is 0.179. The molecule has 0 radical (unpaired) electrons. The lowest BCUT2D eigenvalue weighted by molar-refractivity contribution is 0.205. The Morgan fingerprint density at radius 2 is 1.65 bits per heavy atom. The first-order chi connectivity index (χ1) is 19.3. The van der Waals surface area contributed by atoms with E-state index in [2.05, 4.69) is 4.90 Å². The third-order valence-electron chi connectivity index (χ3n) is 7.50. The van der Waals surface area contributed by atoms with Crippen LogP contribution in [0.25, 0.3) is 10.8 Å². The molecule has 4 aromatic carbocycles. The van der Waals surface area contributed by atoms with E-state index in [4.69, 9.17) is 16.3 Å². The maximum Gasteiger partial charge on any atom is 0.185 e. The van der Waals surface area contributed by atoms with Crippen molar-refractivity contribution in [1.82, 2.24) is 4.90 Å². The van der Waals surface area contributed by atoms with Gasteiger partial charge in [0.1, 0.15) is 17.4 Å². The fourth-order valence-corrected chi connectivity index (χ4v) is 7.29. The Bertz CT molecular complexity index is 1570. The highest BCUT2D eigenvalue weighted by atomic mass is 35.5. The molecule has 1 aliphatic rings. The van der Waals surface area contributed by atoms with Crippen LogP contribution >= 0.6 is 11.6 Å². The number of piperidine rings is 1. The van der Waals surface area contributed by atoms with Crippen LogP contribution in [0.5, 0.6) is 5.75 Å². The van der Waals surface area contributed by atoms with Gasteiger partial charge in [0.25, 0.3) is 0 Å². The van der Waals surface area contributed by atoms with E-state index >= 15 is 4.39 Å². The van der Waals surface area contributed by atoms with E-state index < -0.39 is 26.7 Å². The van der Waals surface area contributed by atoms with Gasteiger partial charge in [-0.3, -0.25) is 0 Å². The van der Waals surface area contributed by atoms with Gasteiger partial charge in [-0.2, -0.15) is 0 Å².